The number of hydrogen-bond acceptors (Lipinski definition) is 2. The van der Waals surface area contributed by atoms with Crippen LogP contribution in [0.25, 0.3) is 0 Å². The zero-order chi connectivity index (χ0) is 8.23. The molecule has 2 rings (SSSR count). The summed E-state index contributed by atoms with van der Waals surface area (Å²) in [5.74, 6) is 0. The van der Waals surface area contributed by atoms with Crippen molar-refractivity contribution in [2.45, 2.75) is 25.3 Å². The minimum atomic E-state index is 0.500. The predicted octanol–water partition coefficient (Wildman–Crippen LogP) is 1.90. The fourth-order valence-corrected chi connectivity index (χ4v) is 1.69. The molecule has 0 aliphatic carbocycles. The second-order valence-electron chi connectivity index (χ2n) is 3.26. The zero-order valence-corrected chi connectivity index (χ0v) is 7.16. The Hall–Kier alpha value is -0.890. The number of nitrogens with one attached hydrogen (secondary N) is 1. The number of nitrogens with zero attached hydrogens (tertiary/aromatic N) is 1. The van der Waals surface area contributed by atoms with Gasteiger partial charge in [-0.05, 0) is 31.5 Å². The zero-order valence-electron chi connectivity index (χ0n) is 7.16. The third-order valence-electron chi connectivity index (χ3n) is 2.36. The van der Waals surface area contributed by atoms with Crippen LogP contribution in [0.5, 0.6) is 0 Å². The van der Waals surface area contributed by atoms with Crippen molar-refractivity contribution >= 4 is 0 Å². The van der Waals surface area contributed by atoms with Crippen LogP contribution >= 0.6 is 0 Å². The lowest BCUT2D eigenvalue weighted by Crippen LogP contribution is -2.27. The Kier molecular flexibility index (Phi) is 2.37. The quantitative estimate of drug-likeness (QED) is 0.682. The van der Waals surface area contributed by atoms with Crippen molar-refractivity contribution in [1.29, 1.82) is 0 Å². The third-order valence-corrected chi connectivity index (χ3v) is 2.36. The SMILES string of the molecule is c1ccc([C@H]2CCCCN2)nc1. The lowest BCUT2D eigenvalue weighted by atomic mass is 10.0. The summed E-state index contributed by atoms with van der Waals surface area (Å²) >= 11 is 0. The maximum absolute atomic E-state index is 4.34. The Morgan fingerprint density at radius 1 is 1.33 bits per heavy atom. The van der Waals surface area contributed by atoms with E-state index in [2.05, 4.69) is 22.4 Å². The first-order chi connectivity index (χ1) is 5.97. The lowest BCUT2D eigenvalue weighted by molar-refractivity contribution is 0.405. The summed E-state index contributed by atoms with van der Waals surface area (Å²) in [6.45, 7) is 1.14. The van der Waals surface area contributed by atoms with Crippen LogP contribution in [0.15, 0.2) is 24.4 Å². The van der Waals surface area contributed by atoms with Crippen LogP contribution in [-0.2, 0) is 0 Å². The number of pyridine rings is 1. The summed E-state index contributed by atoms with van der Waals surface area (Å²) < 4.78 is 0. The van der Waals surface area contributed by atoms with Crippen LogP contribution in [0.1, 0.15) is 31.0 Å². The Labute approximate surface area is 73.0 Å². The molecule has 64 valence electrons. The summed E-state index contributed by atoms with van der Waals surface area (Å²) in [5.41, 5.74) is 1.19. The van der Waals surface area contributed by atoms with E-state index in [1.54, 1.807) is 0 Å². The maximum Gasteiger partial charge on any atom is 0.0573 e. The van der Waals surface area contributed by atoms with Crippen molar-refractivity contribution in [3.8, 4) is 0 Å². The molecule has 1 aromatic rings. The Bertz CT molecular complexity index is 227. The van der Waals surface area contributed by atoms with Gasteiger partial charge in [-0.25, -0.2) is 0 Å². The molecule has 0 unspecified atom stereocenters. The van der Waals surface area contributed by atoms with Gasteiger partial charge in [-0.1, -0.05) is 12.5 Å². The molecule has 0 amide bonds. The van der Waals surface area contributed by atoms with E-state index in [9.17, 15) is 0 Å². The molecule has 1 atom stereocenters. The fraction of sp³-hybridized carbons (Fsp3) is 0.500. The molecular formula is C10H14N2. The summed E-state index contributed by atoms with van der Waals surface area (Å²) in [6.07, 6.45) is 5.74. The highest BCUT2D eigenvalue weighted by Crippen LogP contribution is 2.20. The van der Waals surface area contributed by atoms with E-state index in [-0.39, 0.29) is 0 Å². The van der Waals surface area contributed by atoms with Gasteiger partial charge in [0.25, 0.3) is 0 Å². The van der Waals surface area contributed by atoms with Crippen molar-refractivity contribution in [2.75, 3.05) is 6.54 Å². The second kappa shape index (κ2) is 3.68. The highest BCUT2D eigenvalue weighted by atomic mass is 14.9. The molecule has 0 saturated carbocycles. The number of rotatable bonds is 1. The summed E-state index contributed by atoms with van der Waals surface area (Å²) in [5, 5.41) is 3.47. The van der Waals surface area contributed by atoms with Gasteiger partial charge in [0.2, 0.25) is 0 Å². The van der Waals surface area contributed by atoms with E-state index in [0.717, 1.165) is 6.54 Å². The molecule has 12 heavy (non-hydrogen) atoms. The molecule has 1 aromatic heterocycles. The van der Waals surface area contributed by atoms with Crippen LogP contribution in [0.3, 0.4) is 0 Å². The van der Waals surface area contributed by atoms with Gasteiger partial charge in [-0.15, -0.1) is 0 Å². The van der Waals surface area contributed by atoms with E-state index in [1.165, 1.54) is 25.0 Å². The first-order valence-corrected chi connectivity index (χ1v) is 4.61. The van der Waals surface area contributed by atoms with E-state index in [4.69, 9.17) is 0 Å². The van der Waals surface area contributed by atoms with Crippen molar-refractivity contribution < 1.29 is 0 Å². The minimum absolute atomic E-state index is 0.500. The third kappa shape index (κ3) is 1.64. The summed E-state index contributed by atoms with van der Waals surface area (Å²) in [7, 11) is 0. The van der Waals surface area contributed by atoms with Crippen LogP contribution in [0.2, 0.25) is 0 Å². The number of hydrogen-bond donors (Lipinski definition) is 1. The Morgan fingerprint density at radius 2 is 2.33 bits per heavy atom. The van der Waals surface area contributed by atoms with Crippen LogP contribution < -0.4 is 5.32 Å². The van der Waals surface area contributed by atoms with Gasteiger partial charge in [0, 0.05) is 12.2 Å². The van der Waals surface area contributed by atoms with Crippen LogP contribution in [0, 0.1) is 0 Å². The molecule has 2 nitrogen and oxygen atoms in total. The van der Waals surface area contributed by atoms with E-state index in [1.807, 2.05) is 12.3 Å². The smallest absolute Gasteiger partial charge is 0.0573 e. The maximum atomic E-state index is 4.34. The van der Waals surface area contributed by atoms with Gasteiger partial charge >= 0.3 is 0 Å². The minimum Gasteiger partial charge on any atom is -0.309 e. The van der Waals surface area contributed by atoms with Crippen LogP contribution in [-0.4, -0.2) is 11.5 Å². The second-order valence-corrected chi connectivity index (χ2v) is 3.26. The summed E-state index contributed by atoms with van der Waals surface area (Å²) in [4.78, 5) is 4.34. The average molecular weight is 162 g/mol. The molecule has 0 bridgehead atoms. The average Bonchev–Trinajstić information content (AvgIpc) is 2.21. The van der Waals surface area contributed by atoms with Gasteiger partial charge in [0.05, 0.1) is 5.69 Å². The molecule has 0 radical (unpaired) electrons. The molecule has 2 heterocycles. The molecule has 1 saturated heterocycles. The van der Waals surface area contributed by atoms with Crippen molar-refractivity contribution in [3.05, 3.63) is 30.1 Å². The van der Waals surface area contributed by atoms with Crippen molar-refractivity contribution in [3.63, 3.8) is 0 Å². The van der Waals surface area contributed by atoms with Gasteiger partial charge in [-0.2, -0.15) is 0 Å². The van der Waals surface area contributed by atoms with Crippen molar-refractivity contribution in [1.82, 2.24) is 10.3 Å². The normalized spacial score (nSPS) is 23.8. The topological polar surface area (TPSA) is 24.9 Å². The Morgan fingerprint density at radius 3 is 3.00 bits per heavy atom. The van der Waals surface area contributed by atoms with Crippen molar-refractivity contribution in [2.24, 2.45) is 0 Å². The fourth-order valence-electron chi connectivity index (χ4n) is 1.69. The molecule has 1 fully saturated rings. The monoisotopic (exact) mass is 162 g/mol. The highest BCUT2D eigenvalue weighted by molar-refractivity contribution is 5.09. The molecule has 1 aliphatic rings. The van der Waals surface area contributed by atoms with E-state index in [0.29, 0.717) is 6.04 Å². The van der Waals surface area contributed by atoms with Gasteiger partial charge in [-0.3, -0.25) is 4.98 Å². The molecule has 1 N–H and O–H groups in total. The molecular weight excluding hydrogens is 148 g/mol. The molecule has 0 spiro atoms. The summed E-state index contributed by atoms with van der Waals surface area (Å²) in [6, 6.07) is 6.62. The number of aromatic nitrogens is 1. The standard InChI is InChI=1S/C10H14N2/c1-3-7-11-9(5-1)10-6-2-4-8-12-10/h1,3,5,7,10,12H,2,4,6,8H2/t10-/m1/s1. The van der Waals surface area contributed by atoms with Gasteiger partial charge < -0.3 is 5.32 Å². The van der Waals surface area contributed by atoms with E-state index < -0.39 is 0 Å². The van der Waals surface area contributed by atoms with Gasteiger partial charge in [0.15, 0.2) is 0 Å². The Balaban J connectivity index is 2.08. The molecule has 0 aromatic carbocycles. The highest BCUT2D eigenvalue weighted by Gasteiger charge is 2.14. The largest absolute Gasteiger partial charge is 0.309 e. The molecule has 1 aliphatic heterocycles. The lowest BCUT2D eigenvalue weighted by Gasteiger charge is -2.22. The predicted molar refractivity (Wildman–Crippen MR) is 48.8 cm³/mol. The van der Waals surface area contributed by atoms with Gasteiger partial charge in [0.1, 0.15) is 0 Å². The first-order valence-electron chi connectivity index (χ1n) is 4.61. The first kappa shape index (κ1) is 7.74. The molecule has 2 heteroatoms. The number of piperidine rings is 1. The van der Waals surface area contributed by atoms with Crippen LogP contribution in [0.4, 0.5) is 0 Å². The van der Waals surface area contributed by atoms with E-state index >= 15 is 0 Å².